The van der Waals surface area contributed by atoms with Crippen LogP contribution < -0.4 is 10.9 Å². The third-order valence-corrected chi connectivity index (χ3v) is 4.05. The summed E-state index contributed by atoms with van der Waals surface area (Å²) in [5.74, 6) is 1.24. The Morgan fingerprint density at radius 1 is 1.36 bits per heavy atom. The van der Waals surface area contributed by atoms with Crippen molar-refractivity contribution >= 4 is 5.65 Å². The minimum atomic E-state index is -0.140. The highest BCUT2D eigenvalue weighted by Gasteiger charge is 2.22. The summed E-state index contributed by atoms with van der Waals surface area (Å²) in [6.07, 6.45) is 3.64. The Morgan fingerprint density at radius 2 is 2.18 bits per heavy atom. The van der Waals surface area contributed by atoms with E-state index in [1.807, 2.05) is 0 Å². The molecule has 1 aliphatic heterocycles. The van der Waals surface area contributed by atoms with E-state index in [4.69, 9.17) is 4.52 Å². The number of H-pyrrole nitrogens is 1. The molecule has 22 heavy (non-hydrogen) atoms. The average molecular weight is 300 g/mol. The predicted molar refractivity (Wildman–Crippen MR) is 78.7 cm³/mol. The third kappa shape index (κ3) is 2.12. The molecule has 2 N–H and O–H groups in total. The van der Waals surface area contributed by atoms with Gasteiger partial charge in [0.05, 0.1) is 11.9 Å². The van der Waals surface area contributed by atoms with Crippen molar-refractivity contribution in [3.63, 3.8) is 0 Å². The minimum Gasteiger partial charge on any atom is -0.334 e. The Balaban J connectivity index is 1.89. The molecule has 8 heteroatoms. The van der Waals surface area contributed by atoms with Crippen LogP contribution in [0.25, 0.3) is 17.1 Å². The van der Waals surface area contributed by atoms with E-state index in [1.54, 1.807) is 23.7 Å². The minimum absolute atomic E-state index is 0.140. The molecule has 0 aromatic carbocycles. The molecule has 0 saturated carbocycles. The van der Waals surface area contributed by atoms with Crippen molar-refractivity contribution in [3.8, 4) is 11.5 Å². The van der Waals surface area contributed by atoms with Crippen molar-refractivity contribution in [3.05, 3.63) is 34.1 Å². The van der Waals surface area contributed by atoms with Gasteiger partial charge in [0, 0.05) is 12.0 Å². The Kier molecular flexibility index (Phi) is 3.04. The van der Waals surface area contributed by atoms with E-state index in [2.05, 4.69) is 25.5 Å². The highest BCUT2D eigenvalue weighted by molar-refractivity contribution is 5.71. The molecule has 1 fully saturated rings. The van der Waals surface area contributed by atoms with E-state index in [-0.39, 0.29) is 5.56 Å². The molecular weight excluding hydrogens is 284 g/mol. The van der Waals surface area contributed by atoms with Gasteiger partial charge < -0.3 is 14.8 Å². The molecule has 0 bridgehead atoms. The summed E-state index contributed by atoms with van der Waals surface area (Å²) in [7, 11) is 0. The van der Waals surface area contributed by atoms with Crippen LogP contribution >= 0.6 is 0 Å². The molecule has 114 valence electrons. The number of nitrogens with zero attached hydrogens (tertiary/aromatic N) is 4. The second-order valence-corrected chi connectivity index (χ2v) is 5.55. The summed E-state index contributed by atoms with van der Waals surface area (Å²) in [5, 5.41) is 11.5. The van der Waals surface area contributed by atoms with Gasteiger partial charge >= 0.3 is 0 Å². The summed E-state index contributed by atoms with van der Waals surface area (Å²) < 4.78 is 6.98. The quantitative estimate of drug-likeness (QED) is 0.727. The number of nitrogens with one attached hydrogen (secondary N) is 2. The second-order valence-electron chi connectivity index (χ2n) is 5.55. The standard InChI is InChI=1S/C14H16N6O2/c1-8-17-14(22-19-8)10-7-16-20-11(6-12(21)18-13(10)20)9-2-4-15-5-3-9/h6-7,9,15H,2-5H2,1H3,(H,18,21). The normalized spacial score (nSPS) is 16.4. The predicted octanol–water partition coefficient (Wildman–Crippen LogP) is 0.848. The number of rotatable bonds is 2. The summed E-state index contributed by atoms with van der Waals surface area (Å²) >= 11 is 0. The molecule has 0 spiro atoms. The summed E-state index contributed by atoms with van der Waals surface area (Å²) in [5.41, 5.74) is 2.04. The van der Waals surface area contributed by atoms with Gasteiger partial charge in [-0.1, -0.05) is 5.16 Å². The van der Waals surface area contributed by atoms with Crippen LogP contribution in [-0.4, -0.2) is 37.8 Å². The molecular formula is C14H16N6O2. The molecule has 3 aromatic heterocycles. The van der Waals surface area contributed by atoms with E-state index < -0.39 is 0 Å². The smallest absolute Gasteiger partial charge is 0.263 e. The average Bonchev–Trinajstić information content (AvgIpc) is 3.13. The fraction of sp³-hybridized carbons (Fsp3) is 0.429. The molecule has 0 unspecified atom stereocenters. The topological polar surface area (TPSA) is 101 Å². The monoisotopic (exact) mass is 300 g/mol. The zero-order chi connectivity index (χ0) is 15.1. The number of hydrogen-bond acceptors (Lipinski definition) is 6. The van der Waals surface area contributed by atoms with Crippen molar-refractivity contribution in [2.45, 2.75) is 25.7 Å². The number of aromatic amines is 1. The zero-order valence-corrected chi connectivity index (χ0v) is 12.2. The van der Waals surface area contributed by atoms with E-state index in [1.165, 1.54) is 0 Å². The van der Waals surface area contributed by atoms with Crippen molar-refractivity contribution in [2.75, 3.05) is 13.1 Å². The van der Waals surface area contributed by atoms with Crippen LogP contribution in [0.5, 0.6) is 0 Å². The van der Waals surface area contributed by atoms with E-state index in [0.29, 0.717) is 28.8 Å². The first-order valence-corrected chi connectivity index (χ1v) is 7.35. The van der Waals surface area contributed by atoms with Crippen LogP contribution in [0.4, 0.5) is 0 Å². The molecule has 0 aliphatic carbocycles. The van der Waals surface area contributed by atoms with Crippen LogP contribution in [0.2, 0.25) is 0 Å². The van der Waals surface area contributed by atoms with Gasteiger partial charge in [0.15, 0.2) is 5.82 Å². The number of aryl methyl sites for hydroxylation is 1. The maximum Gasteiger partial charge on any atom is 0.263 e. The molecule has 0 atom stereocenters. The first kappa shape index (κ1) is 13.2. The third-order valence-electron chi connectivity index (χ3n) is 4.05. The zero-order valence-electron chi connectivity index (χ0n) is 12.2. The molecule has 0 amide bonds. The molecule has 3 aromatic rings. The second kappa shape index (κ2) is 5.06. The molecule has 1 saturated heterocycles. The lowest BCUT2D eigenvalue weighted by Gasteiger charge is -2.23. The van der Waals surface area contributed by atoms with Crippen LogP contribution in [0.15, 0.2) is 21.6 Å². The van der Waals surface area contributed by atoms with Gasteiger partial charge in [-0.2, -0.15) is 10.1 Å². The summed E-state index contributed by atoms with van der Waals surface area (Å²) in [6.45, 7) is 3.66. The lowest BCUT2D eigenvalue weighted by atomic mass is 9.94. The summed E-state index contributed by atoms with van der Waals surface area (Å²) in [6, 6.07) is 1.64. The van der Waals surface area contributed by atoms with Gasteiger partial charge in [-0.25, -0.2) is 4.52 Å². The molecule has 0 radical (unpaired) electrons. The molecule has 8 nitrogen and oxygen atoms in total. The number of aromatic nitrogens is 5. The van der Waals surface area contributed by atoms with Crippen molar-refractivity contribution in [2.24, 2.45) is 0 Å². The number of piperidine rings is 1. The Hall–Kier alpha value is -2.48. The van der Waals surface area contributed by atoms with Gasteiger partial charge in [0.25, 0.3) is 11.4 Å². The van der Waals surface area contributed by atoms with Crippen molar-refractivity contribution < 1.29 is 4.52 Å². The lowest BCUT2D eigenvalue weighted by Crippen LogP contribution is -2.28. The maximum atomic E-state index is 12.1. The van der Waals surface area contributed by atoms with Gasteiger partial charge in [-0.3, -0.25) is 4.79 Å². The van der Waals surface area contributed by atoms with Crippen LogP contribution in [0.3, 0.4) is 0 Å². The fourth-order valence-electron chi connectivity index (χ4n) is 2.98. The van der Waals surface area contributed by atoms with Gasteiger partial charge in [-0.15, -0.1) is 0 Å². The van der Waals surface area contributed by atoms with E-state index in [0.717, 1.165) is 31.6 Å². The Bertz CT molecular complexity index is 871. The van der Waals surface area contributed by atoms with Gasteiger partial charge in [0.2, 0.25) is 0 Å². The van der Waals surface area contributed by atoms with Crippen LogP contribution in [0.1, 0.15) is 30.3 Å². The highest BCUT2D eigenvalue weighted by atomic mass is 16.5. The number of hydrogen-bond donors (Lipinski definition) is 2. The van der Waals surface area contributed by atoms with Crippen molar-refractivity contribution in [1.29, 1.82) is 0 Å². The Labute approximate surface area is 125 Å². The molecule has 1 aliphatic rings. The SMILES string of the molecule is Cc1noc(-c2cnn3c(C4CCNCC4)cc(=O)[nH]c23)n1. The van der Waals surface area contributed by atoms with E-state index >= 15 is 0 Å². The lowest BCUT2D eigenvalue weighted by molar-refractivity contribution is 0.426. The molecule has 4 heterocycles. The first-order chi connectivity index (χ1) is 10.7. The maximum absolute atomic E-state index is 12.1. The van der Waals surface area contributed by atoms with Crippen LogP contribution in [-0.2, 0) is 0 Å². The van der Waals surface area contributed by atoms with Crippen LogP contribution in [0, 0.1) is 6.92 Å². The van der Waals surface area contributed by atoms with Gasteiger partial charge in [-0.05, 0) is 32.9 Å². The number of fused-ring (bicyclic) bond motifs is 1. The fourth-order valence-corrected chi connectivity index (χ4v) is 2.98. The van der Waals surface area contributed by atoms with E-state index in [9.17, 15) is 4.79 Å². The highest BCUT2D eigenvalue weighted by Crippen LogP contribution is 2.27. The Morgan fingerprint density at radius 3 is 2.91 bits per heavy atom. The summed E-state index contributed by atoms with van der Waals surface area (Å²) in [4.78, 5) is 19.1. The van der Waals surface area contributed by atoms with Crippen molar-refractivity contribution in [1.82, 2.24) is 30.1 Å². The molecule has 4 rings (SSSR count). The largest absolute Gasteiger partial charge is 0.334 e. The van der Waals surface area contributed by atoms with Gasteiger partial charge in [0.1, 0.15) is 11.2 Å². The first-order valence-electron chi connectivity index (χ1n) is 7.35.